The van der Waals surface area contributed by atoms with Gasteiger partial charge in [-0.3, -0.25) is 4.79 Å². The molecule has 2 rings (SSSR count). The normalized spacial score (nSPS) is 22.8. The number of carbonyl (C=O) groups is 1. The summed E-state index contributed by atoms with van der Waals surface area (Å²) in [4.78, 5) is 11.8. The molecule has 4 heteroatoms. The van der Waals surface area contributed by atoms with Gasteiger partial charge >= 0.3 is 5.97 Å². The molecular formula is C14H19NO3. The highest BCUT2D eigenvalue weighted by Crippen LogP contribution is 2.35. The minimum atomic E-state index is -0.146. The summed E-state index contributed by atoms with van der Waals surface area (Å²) in [6.45, 7) is 2.85. The van der Waals surface area contributed by atoms with Crippen LogP contribution in [0.25, 0.3) is 0 Å². The molecule has 0 bridgehead atoms. The average Bonchev–Trinajstić information content (AvgIpc) is 2.87. The van der Waals surface area contributed by atoms with Crippen molar-refractivity contribution in [3.63, 3.8) is 0 Å². The van der Waals surface area contributed by atoms with Crippen LogP contribution in [0.15, 0.2) is 18.2 Å². The van der Waals surface area contributed by atoms with Crippen molar-refractivity contribution >= 4 is 5.97 Å². The number of benzene rings is 1. The number of hydrogen-bond donors (Lipinski definition) is 1. The Bertz CT molecular complexity index is 445. The van der Waals surface area contributed by atoms with Crippen LogP contribution < -0.4 is 10.1 Å². The second-order valence-corrected chi connectivity index (χ2v) is 4.52. The Morgan fingerprint density at radius 2 is 2.17 bits per heavy atom. The van der Waals surface area contributed by atoms with Gasteiger partial charge in [-0.05, 0) is 37.1 Å². The van der Waals surface area contributed by atoms with Gasteiger partial charge in [-0.15, -0.1) is 0 Å². The van der Waals surface area contributed by atoms with Gasteiger partial charge in [0.05, 0.1) is 20.1 Å². The summed E-state index contributed by atoms with van der Waals surface area (Å²) in [6, 6.07) is 5.94. The summed E-state index contributed by atoms with van der Waals surface area (Å²) in [7, 11) is 3.10. The fraction of sp³-hybridized carbons (Fsp3) is 0.500. The molecule has 1 N–H and O–H groups in total. The quantitative estimate of drug-likeness (QED) is 0.830. The molecule has 1 aromatic rings. The lowest BCUT2D eigenvalue weighted by atomic mass is 9.91. The molecule has 0 aliphatic carbocycles. The molecular weight excluding hydrogens is 230 g/mol. The Balaban J connectivity index is 2.33. The largest absolute Gasteiger partial charge is 0.496 e. The van der Waals surface area contributed by atoms with E-state index >= 15 is 0 Å². The summed E-state index contributed by atoms with van der Waals surface area (Å²) in [5.74, 6) is 0.595. The van der Waals surface area contributed by atoms with Crippen molar-refractivity contribution in [2.75, 3.05) is 20.8 Å². The van der Waals surface area contributed by atoms with E-state index in [0.717, 1.165) is 29.8 Å². The summed E-state index contributed by atoms with van der Waals surface area (Å²) >= 11 is 0. The van der Waals surface area contributed by atoms with Crippen LogP contribution in [0, 0.1) is 12.8 Å². The van der Waals surface area contributed by atoms with Crippen molar-refractivity contribution in [2.24, 2.45) is 5.92 Å². The lowest BCUT2D eigenvalue weighted by Gasteiger charge is -2.21. The number of methoxy groups -OCH3 is 2. The first-order chi connectivity index (χ1) is 8.69. The number of carbonyl (C=O) groups excluding carboxylic acids is 1. The zero-order chi connectivity index (χ0) is 13.1. The second kappa shape index (κ2) is 5.40. The van der Waals surface area contributed by atoms with Gasteiger partial charge < -0.3 is 14.8 Å². The van der Waals surface area contributed by atoms with Crippen LogP contribution in [-0.4, -0.2) is 26.7 Å². The fourth-order valence-corrected chi connectivity index (χ4v) is 2.62. The highest BCUT2D eigenvalue weighted by atomic mass is 16.5. The topological polar surface area (TPSA) is 47.6 Å². The van der Waals surface area contributed by atoms with Crippen LogP contribution in [0.3, 0.4) is 0 Å². The van der Waals surface area contributed by atoms with Gasteiger partial charge in [0.25, 0.3) is 0 Å². The number of hydrogen-bond acceptors (Lipinski definition) is 4. The molecule has 0 amide bonds. The number of nitrogens with one attached hydrogen (secondary N) is 1. The third kappa shape index (κ3) is 2.20. The first-order valence-electron chi connectivity index (χ1n) is 6.13. The fourth-order valence-electron chi connectivity index (χ4n) is 2.62. The van der Waals surface area contributed by atoms with Gasteiger partial charge in [-0.2, -0.15) is 0 Å². The van der Waals surface area contributed by atoms with E-state index in [1.54, 1.807) is 7.11 Å². The van der Waals surface area contributed by atoms with E-state index in [4.69, 9.17) is 9.47 Å². The van der Waals surface area contributed by atoms with E-state index in [1.807, 2.05) is 25.1 Å². The smallest absolute Gasteiger partial charge is 0.310 e. The predicted molar refractivity (Wildman–Crippen MR) is 68.6 cm³/mol. The van der Waals surface area contributed by atoms with E-state index in [-0.39, 0.29) is 17.9 Å². The third-order valence-electron chi connectivity index (χ3n) is 3.61. The first-order valence-corrected chi connectivity index (χ1v) is 6.13. The zero-order valence-electron chi connectivity index (χ0n) is 11.0. The zero-order valence-corrected chi connectivity index (χ0v) is 11.0. The van der Waals surface area contributed by atoms with Crippen LogP contribution in [0.5, 0.6) is 5.75 Å². The van der Waals surface area contributed by atoms with Gasteiger partial charge in [-0.1, -0.05) is 12.1 Å². The first kappa shape index (κ1) is 12.9. The van der Waals surface area contributed by atoms with Crippen molar-refractivity contribution in [1.29, 1.82) is 0 Å². The van der Waals surface area contributed by atoms with Crippen molar-refractivity contribution in [1.82, 2.24) is 5.32 Å². The molecule has 1 saturated heterocycles. The van der Waals surface area contributed by atoms with Crippen LogP contribution in [0.4, 0.5) is 0 Å². The average molecular weight is 249 g/mol. The Morgan fingerprint density at radius 1 is 1.39 bits per heavy atom. The van der Waals surface area contributed by atoms with Crippen LogP contribution >= 0.6 is 0 Å². The Labute approximate surface area is 107 Å². The van der Waals surface area contributed by atoms with Gasteiger partial charge in [0.2, 0.25) is 0 Å². The van der Waals surface area contributed by atoms with Crippen LogP contribution in [0.1, 0.15) is 23.6 Å². The van der Waals surface area contributed by atoms with Crippen molar-refractivity contribution < 1.29 is 14.3 Å². The lowest BCUT2D eigenvalue weighted by Crippen LogP contribution is -2.25. The maximum atomic E-state index is 11.8. The Morgan fingerprint density at radius 3 is 2.83 bits per heavy atom. The summed E-state index contributed by atoms with van der Waals surface area (Å²) in [6.07, 6.45) is 0.813. The van der Waals surface area contributed by atoms with E-state index in [9.17, 15) is 4.79 Å². The molecule has 18 heavy (non-hydrogen) atoms. The highest BCUT2D eigenvalue weighted by Gasteiger charge is 2.35. The third-order valence-corrected chi connectivity index (χ3v) is 3.61. The molecule has 1 aromatic carbocycles. The van der Waals surface area contributed by atoms with Gasteiger partial charge in [0, 0.05) is 6.04 Å². The number of ether oxygens (including phenoxy) is 2. The van der Waals surface area contributed by atoms with E-state index in [0.29, 0.717) is 0 Å². The van der Waals surface area contributed by atoms with E-state index < -0.39 is 0 Å². The molecule has 0 radical (unpaired) electrons. The summed E-state index contributed by atoms with van der Waals surface area (Å²) in [5, 5.41) is 3.37. The Kier molecular flexibility index (Phi) is 3.87. The summed E-state index contributed by atoms with van der Waals surface area (Å²) < 4.78 is 10.2. The SMILES string of the molecule is COC(=O)[C@@H]1CCN[C@@H]1c1cccc(OC)c1C. The van der Waals surface area contributed by atoms with Crippen LogP contribution in [-0.2, 0) is 9.53 Å². The minimum Gasteiger partial charge on any atom is -0.496 e. The minimum absolute atomic E-state index is 0.0209. The second-order valence-electron chi connectivity index (χ2n) is 4.52. The predicted octanol–water partition coefficient (Wildman–Crippen LogP) is 1.83. The van der Waals surface area contributed by atoms with Crippen molar-refractivity contribution in [3.05, 3.63) is 29.3 Å². The molecule has 98 valence electrons. The lowest BCUT2D eigenvalue weighted by molar-refractivity contribution is -0.145. The maximum absolute atomic E-state index is 11.8. The molecule has 0 saturated carbocycles. The van der Waals surface area contributed by atoms with E-state index in [2.05, 4.69) is 5.32 Å². The molecule has 2 atom stereocenters. The molecule has 1 aliphatic heterocycles. The van der Waals surface area contributed by atoms with Gasteiger partial charge in [0.1, 0.15) is 5.75 Å². The van der Waals surface area contributed by atoms with Crippen molar-refractivity contribution in [2.45, 2.75) is 19.4 Å². The highest BCUT2D eigenvalue weighted by molar-refractivity contribution is 5.74. The summed E-state index contributed by atoms with van der Waals surface area (Å²) in [5.41, 5.74) is 2.19. The standard InChI is InChI=1S/C14H19NO3/c1-9-10(5-4-6-12(9)17-2)13-11(7-8-15-13)14(16)18-3/h4-6,11,13,15H,7-8H2,1-3H3/t11-,13-/m1/s1. The molecule has 0 unspecified atom stereocenters. The molecule has 1 aliphatic rings. The molecule has 4 nitrogen and oxygen atoms in total. The van der Waals surface area contributed by atoms with E-state index in [1.165, 1.54) is 7.11 Å². The maximum Gasteiger partial charge on any atom is 0.310 e. The molecule has 0 spiro atoms. The number of esters is 1. The molecule has 0 aromatic heterocycles. The monoisotopic (exact) mass is 249 g/mol. The van der Waals surface area contributed by atoms with Crippen molar-refractivity contribution in [3.8, 4) is 5.75 Å². The van der Waals surface area contributed by atoms with Gasteiger partial charge in [0.15, 0.2) is 0 Å². The Hall–Kier alpha value is -1.55. The number of rotatable bonds is 3. The van der Waals surface area contributed by atoms with Gasteiger partial charge in [-0.25, -0.2) is 0 Å². The molecule has 1 fully saturated rings. The molecule has 1 heterocycles. The van der Waals surface area contributed by atoms with Crippen LogP contribution in [0.2, 0.25) is 0 Å².